The van der Waals surface area contributed by atoms with E-state index < -0.39 is 5.92 Å². The lowest BCUT2D eigenvalue weighted by Crippen LogP contribution is -2.41. The number of rotatable bonds is 5. The predicted octanol–water partition coefficient (Wildman–Crippen LogP) is 3.71. The number of nitrogens with zero attached hydrogens (tertiary/aromatic N) is 3. The smallest absolute Gasteiger partial charge is 0.228 e. The Labute approximate surface area is 175 Å². The van der Waals surface area contributed by atoms with Gasteiger partial charge in [-0.2, -0.15) is 0 Å². The fourth-order valence-corrected chi connectivity index (χ4v) is 3.62. The zero-order chi connectivity index (χ0) is 21.3. The summed E-state index contributed by atoms with van der Waals surface area (Å²) in [4.78, 5) is 19.1. The van der Waals surface area contributed by atoms with Crippen molar-refractivity contribution in [2.45, 2.75) is 26.9 Å². The van der Waals surface area contributed by atoms with E-state index in [4.69, 9.17) is 4.98 Å². The highest BCUT2D eigenvalue weighted by molar-refractivity contribution is 5.80. The molecule has 3 aromatic rings. The third-order valence-electron chi connectivity index (χ3n) is 5.41. The van der Waals surface area contributed by atoms with E-state index in [2.05, 4.69) is 9.88 Å². The monoisotopic (exact) mass is 408 g/mol. The van der Waals surface area contributed by atoms with E-state index in [0.717, 1.165) is 28.6 Å². The molecule has 0 radical (unpaired) electrons. The van der Waals surface area contributed by atoms with Crippen LogP contribution in [0.25, 0.3) is 11.3 Å². The molecule has 1 amide bonds. The van der Waals surface area contributed by atoms with Crippen molar-refractivity contribution in [2.24, 2.45) is 5.92 Å². The van der Waals surface area contributed by atoms with Gasteiger partial charge in [0.15, 0.2) is 0 Å². The van der Waals surface area contributed by atoms with Gasteiger partial charge in [-0.25, -0.2) is 9.37 Å². The van der Waals surface area contributed by atoms with E-state index in [0.29, 0.717) is 19.6 Å². The van der Waals surface area contributed by atoms with E-state index in [1.807, 2.05) is 31.2 Å². The normalized spacial score (nSPS) is 14.3. The van der Waals surface area contributed by atoms with Crippen LogP contribution < -0.4 is 5.32 Å². The van der Waals surface area contributed by atoms with Gasteiger partial charge < -0.3 is 19.9 Å². The molecule has 2 N–H and O–H groups in total. The van der Waals surface area contributed by atoms with Gasteiger partial charge in [-0.15, -0.1) is 0 Å². The number of hydrogen-bond acceptors (Lipinski definition) is 4. The first-order valence-corrected chi connectivity index (χ1v) is 10.0. The molecule has 0 bridgehead atoms. The molecule has 6 nitrogen and oxygen atoms in total. The number of halogens is 1. The highest BCUT2D eigenvalue weighted by atomic mass is 19.1. The SMILES string of the molecule is Cc1ccc(Nc2c(-c3ccc(F)cc3)nc3n2CCN(C(=O)C(C)CO)C3)cc1. The highest BCUT2D eigenvalue weighted by Crippen LogP contribution is 2.33. The van der Waals surface area contributed by atoms with Gasteiger partial charge in [-0.1, -0.05) is 24.6 Å². The van der Waals surface area contributed by atoms with Gasteiger partial charge in [0.25, 0.3) is 0 Å². The second-order valence-corrected chi connectivity index (χ2v) is 7.72. The Morgan fingerprint density at radius 3 is 2.53 bits per heavy atom. The van der Waals surface area contributed by atoms with E-state index in [-0.39, 0.29) is 18.3 Å². The number of anilines is 2. The van der Waals surface area contributed by atoms with Crippen molar-refractivity contribution in [1.82, 2.24) is 14.5 Å². The Hall–Kier alpha value is -3.19. The van der Waals surface area contributed by atoms with Crippen molar-refractivity contribution in [1.29, 1.82) is 0 Å². The molecule has 2 heterocycles. The second kappa shape index (κ2) is 8.28. The van der Waals surface area contributed by atoms with Crippen molar-refractivity contribution in [3.8, 4) is 11.3 Å². The lowest BCUT2D eigenvalue weighted by Gasteiger charge is -2.30. The number of hydrogen-bond donors (Lipinski definition) is 2. The minimum Gasteiger partial charge on any atom is -0.396 e. The minimum absolute atomic E-state index is 0.0804. The second-order valence-electron chi connectivity index (χ2n) is 7.72. The summed E-state index contributed by atoms with van der Waals surface area (Å²) in [6.45, 7) is 5.07. The summed E-state index contributed by atoms with van der Waals surface area (Å²) in [5.41, 5.74) is 3.62. The number of carbonyl (C=O) groups is 1. The van der Waals surface area contributed by atoms with Crippen LogP contribution in [0.15, 0.2) is 48.5 Å². The van der Waals surface area contributed by atoms with Crippen LogP contribution in [0.1, 0.15) is 18.3 Å². The summed E-state index contributed by atoms with van der Waals surface area (Å²) in [6.07, 6.45) is 0. The molecule has 4 rings (SSSR count). The number of aromatic nitrogens is 2. The Bertz CT molecular complexity index is 1040. The van der Waals surface area contributed by atoms with Gasteiger partial charge in [-0.3, -0.25) is 4.79 Å². The summed E-state index contributed by atoms with van der Waals surface area (Å²) in [5, 5.41) is 12.8. The average molecular weight is 408 g/mol. The van der Waals surface area contributed by atoms with Gasteiger partial charge in [0.2, 0.25) is 5.91 Å². The third-order valence-corrected chi connectivity index (χ3v) is 5.41. The molecule has 7 heteroatoms. The molecule has 0 aliphatic carbocycles. The average Bonchev–Trinajstić information content (AvgIpc) is 3.12. The quantitative estimate of drug-likeness (QED) is 0.675. The van der Waals surface area contributed by atoms with Crippen LogP contribution in [0.2, 0.25) is 0 Å². The number of imidazole rings is 1. The van der Waals surface area contributed by atoms with Gasteiger partial charge in [-0.05, 0) is 43.3 Å². The number of benzene rings is 2. The lowest BCUT2D eigenvalue weighted by molar-refractivity contribution is -0.137. The number of nitrogens with one attached hydrogen (secondary N) is 1. The molecular formula is C23H25FN4O2. The third kappa shape index (κ3) is 3.93. The molecule has 1 unspecified atom stereocenters. The molecule has 0 fully saturated rings. The molecular weight excluding hydrogens is 383 g/mol. The summed E-state index contributed by atoms with van der Waals surface area (Å²) in [6, 6.07) is 14.3. The highest BCUT2D eigenvalue weighted by Gasteiger charge is 2.28. The molecule has 1 atom stereocenters. The molecule has 0 saturated heterocycles. The van der Waals surface area contributed by atoms with Crippen LogP contribution in [0.5, 0.6) is 0 Å². The van der Waals surface area contributed by atoms with Crippen LogP contribution in [-0.4, -0.2) is 38.6 Å². The van der Waals surface area contributed by atoms with Gasteiger partial charge in [0.05, 0.1) is 19.1 Å². The summed E-state index contributed by atoms with van der Waals surface area (Å²) < 4.78 is 15.5. The van der Waals surface area contributed by atoms with E-state index in [1.165, 1.54) is 17.7 Å². The zero-order valence-electron chi connectivity index (χ0n) is 17.1. The maximum atomic E-state index is 13.5. The maximum absolute atomic E-state index is 13.5. The largest absolute Gasteiger partial charge is 0.396 e. The Morgan fingerprint density at radius 2 is 1.87 bits per heavy atom. The number of aliphatic hydroxyl groups is 1. The summed E-state index contributed by atoms with van der Waals surface area (Å²) >= 11 is 0. The molecule has 1 aliphatic heterocycles. The lowest BCUT2D eigenvalue weighted by atomic mass is 10.1. The van der Waals surface area contributed by atoms with Crippen molar-refractivity contribution in [3.63, 3.8) is 0 Å². The van der Waals surface area contributed by atoms with E-state index >= 15 is 0 Å². The summed E-state index contributed by atoms with van der Waals surface area (Å²) in [5.74, 6) is 0.762. The Balaban J connectivity index is 1.72. The van der Waals surface area contributed by atoms with Crippen molar-refractivity contribution in [2.75, 3.05) is 18.5 Å². The first kappa shape index (κ1) is 20.1. The van der Waals surface area contributed by atoms with Gasteiger partial charge >= 0.3 is 0 Å². The molecule has 2 aromatic carbocycles. The summed E-state index contributed by atoms with van der Waals surface area (Å²) in [7, 11) is 0. The number of fused-ring (bicyclic) bond motifs is 1. The number of aryl methyl sites for hydroxylation is 1. The molecule has 1 aromatic heterocycles. The van der Waals surface area contributed by atoms with Crippen LogP contribution in [0, 0.1) is 18.7 Å². The standard InChI is InChI=1S/C23H25FN4O2/c1-15-3-9-19(10-4-15)25-22-21(17-5-7-18(24)8-6-17)26-20-13-27(11-12-28(20)22)23(30)16(2)14-29/h3-10,16,25,29H,11-14H2,1-2H3. The van der Waals surface area contributed by atoms with Crippen LogP contribution in [-0.2, 0) is 17.9 Å². The Kier molecular flexibility index (Phi) is 5.55. The van der Waals surface area contributed by atoms with Crippen LogP contribution >= 0.6 is 0 Å². The van der Waals surface area contributed by atoms with Crippen molar-refractivity contribution < 1.29 is 14.3 Å². The molecule has 0 saturated carbocycles. The molecule has 1 aliphatic rings. The fourth-order valence-electron chi connectivity index (χ4n) is 3.62. The zero-order valence-corrected chi connectivity index (χ0v) is 17.1. The van der Waals surface area contributed by atoms with Crippen LogP contribution in [0.4, 0.5) is 15.9 Å². The number of amides is 1. The first-order chi connectivity index (χ1) is 14.5. The van der Waals surface area contributed by atoms with Crippen molar-refractivity contribution >= 4 is 17.4 Å². The molecule has 30 heavy (non-hydrogen) atoms. The van der Waals surface area contributed by atoms with E-state index in [9.17, 15) is 14.3 Å². The number of carbonyl (C=O) groups excluding carboxylic acids is 1. The van der Waals surface area contributed by atoms with Crippen LogP contribution in [0.3, 0.4) is 0 Å². The number of aliphatic hydroxyl groups excluding tert-OH is 1. The van der Waals surface area contributed by atoms with Gasteiger partial charge in [0.1, 0.15) is 23.2 Å². The molecule has 0 spiro atoms. The molecule has 156 valence electrons. The maximum Gasteiger partial charge on any atom is 0.228 e. The topological polar surface area (TPSA) is 70.4 Å². The van der Waals surface area contributed by atoms with Gasteiger partial charge in [0, 0.05) is 24.3 Å². The fraction of sp³-hybridized carbons (Fsp3) is 0.304. The van der Waals surface area contributed by atoms with Crippen molar-refractivity contribution in [3.05, 3.63) is 65.7 Å². The van der Waals surface area contributed by atoms with E-state index in [1.54, 1.807) is 24.0 Å². The minimum atomic E-state index is -0.437. The predicted molar refractivity (Wildman–Crippen MR) is 114 cm³/mol. The Morgan fingerprint density at radius 1 is 1.17 bits per heavy atom. The first-order valence-electron chi connectivity index (χ1n) is 10.0.